The molecular formula is C13H13Cl2N3O. The Morgan fingerprint density at radius 3 is 2.63 bits per heavy atom. The highest BCUT2D eigenvalue weighted by atomic mass is 35.5. The molecule has 2 rings (SSSR count). The molecule has 100 valence electrons. The maximum Gasteiger partial charge on any atom is 0.187 e. The van der Waals surface area contributed by atoms with E-state index >= 15 is 0 Å². The lowest BCUT2D eigenvalue weighted by Gasteiger charge is -2.04. The third-order valence-corrected chi connectivity index (χ3v) is 3.41. The molecule has 0 amide bonds. The lowest BCUT2D eigenvalue weighted by molar-refractivity contribution is 0.0988. The first kappa shape index (κ1) is 14.1. The number of nitrogens with zero attached hydrogens (tertiary/aromatic N) is 2. The van der Waals surface area contributed by atoms with Crippen LogP contribution in [-0.4, -0.2) is 21.9 Å². The number of halogens is 2. The van der Waals surface area contributed by atoms with Gasteiger partial charge in [-0.1, -0.05) is 29.3 Å². The van der Waals surface area contributed by atoms with Gasteiger partial charge in [0, 0.05) is 35.8 Å². The zero-order valence-electron chi connectivity index (χ0n) is 10.1. The molecule has 0 saturated heterocycles. The Morgan fingerprint density at radius 2 is 2.00 bits per heavy atom. The van der Waals surface area contributed by atoms with E-state index < -0.39 is 0 Å². The monoisotopic (exact) mass is 297 g/mol. The highest BCUT2D eigenvalue weighted by Gasteiger charge is 2.14. The number of nitrogens with two attached hydrogens (primary N) is 1. The van der Waals surface area contributed by atoms with Crippen LogP contribution >= 0.6 is 23.2 Å². The van der Waals surface area contributed by atoms with Crippen molar-refractivity contribution in [2.75, 3.05) is 6.54 Å². The van der Waals surface area contributed by atoms with E-state index in [4.69, 9.17) is 28.9 Å². The predicted molar refractivity (Wildman–Crippen MR) is 75.8 cm³/mol. The van der Waals surface area contributed by atoms with Gasteiger partial charge in [-0.3, -0.25) is 4.79 Å². The van der Waals surface area contributed by atoms with E-state index in [1.807, 2.05) is 0 Å². The summed E-state index contributed by atoms with van der Waals surface area (Å²) in [4.78, 5) is 16.2. The van der Waals surface area contributed by atoms with Crippen LogP contribution in [0.15, 0.2) is 30.7 Å². The number of benzene rings is 1. The van der Waals surface area contributed by atoms with Crippen molar-refractivity contribution in [3.63, 3.8) is 0 Å². The van der Waals surface area contributed by atoms with Crippen LogP contribution in [0, 0.1) is 0 Å². The van der Waals surface area contributed by atoms with E-state index in [1.54, 1.807) is 35.3 Å². The van der Waals surface area contributed by atoms with Crippen molar-refractivity contribution in [1.82, 2.24) is 9.55 Å². The molecule has 0 saturated carbocycles. The number of imidazole rings is 1. The average molecular weight is 298 g/mol. The molecule has 0 spiro atoms. The Balaban J connectivity index is 2.16. The zero-order valence-corrected chi connectivity index (χ0v) is 11.7. The highest BCUT2D eigenvalue weighted by Crippen LogP contribution is 2.25. The molecule has 0 aliphatic carbocycles. The largest absolute Gasteiger partial charge is 0.335 e. The van der Waals surface area contributed by atoms with Gasteiger partial charge in [0.15, 0.2) is 5.78 Å². The van der Waals surface area contributed by atoms with Crippen LogP contribution in [0.3, 0.4) is 0 Å². The van der Waals surface area contributed by atoms with Crippen LogP contribution < -0.4 is 5.73 Å². The van der Waals surface area contributed by atoms with Crippen LogP contribution in [0.1, 0.15) is 16.1 Å². The Kier molecular flexibility index (Phi) is 4.58. The maximum atomic E-state index is 12.1. The number of carbonyl (C=O) groups is 1. The van der Waals surface area contributed by atoms with Crippen molar-refractivity contribution in [3.05, 3.63) is 52.0 Å². The van der Waals surface area contributed by atoms with E-state index in [0.29, 0.717) is 34.4 Å². The number of hydrogen-bond donors (Lipinski definition) is 1. The third kappa shape index (κ3) is 3.35. The van der Waals surface area contributed by atoms with Gasteiger partial charge in [0.2, 0.25) is 0 Å². The van der Waals surface area contributed by atoms with Gasteiger partial charge in [0.1, 0.15) is 5.69 Å². The van der Waals surface area contributed by atoms with Crippen molar-refractivity contribution in [2.45, 2.75) is 13.0 Å². The van der Waals surface area contributed by atoms with Crippen molar-refractivity contribution >= 4 is 29.0 Å². The predicted octanol–water partition coefficient (Wildman–Crippen LogP) is 2.57. The maximum absolute atomic E-state index is 12.1. The second-order valence-electron chi connectivity index (χ2n) is 4.09. The molecule has 0 aliphatic heterocycles. The lowest BCUT2D eigenvalue weighted by atomic mass is 10.1. The highest BCUT2D eigenvalue weighted by molar-refractivity contribution is 6.36. The van der Waals surface area contributed by atoms with Crippen LogP contribution in [0.25, 0.3) is 0 Å². The van der Waals surface area contributed by atoms with E-state index in [1.165, 1.54) is 0 Å². The molecule has 0 fully saturated rings. The third-order valence-electron chi connectivity index (χ3n) is 2.71. The molecule has 4 nitrogen and oxygen atoms in total. The van der Waals surface area contributed by atoms with Gasteiger partial charge in [-0.05, 0) is 17.7 Å². The van der Waals surface area contributed by atoms with E-state index in [9.17, 15) is 4.79 Å². The number of ketones is 1. The molecule has 1 aromatic heterocycles. The van der Waals surface area contributed by atoms with Gasteiger partial charge in [0.25, 0.3) is 0 Å². The first-order valence-corrected chi connectivity index (χ1v) is 6.55. The van der Waals surface area contributed by atoms with Gasteiger partial charge in [-0.15, -0.1) is 0 Å². The van der Waals surface area contributed by atoms with Crippen molar-refractivity contribution in [2.24, 2.45) is 5.73 Å². The summed E-state index contributed by atoms with van der Waals surface area (Å²) in [6, 6.07) is 5.17. The summed E-state index contributed by atoms with van der Waals surface area (Å²) in [6.07, 6.45) is 3.41. The van der Waals surface area contributed by atoms with Crippen molar-refractivity contribution in [1.29, 1.82) is 0 Å². The molecular weight excluding hydrogens is 285 g/mol. The minimum atomic E-state index is -0.120. The van der Waals surface area contributed by atoms with E-state index in [0.717, 1.165) is 0 Å². The summed E-state index contributed by atoms with van der Waals surface area (Å²) >= 11 is 12.1. The summed E-state index contributed by atoms with van der Waals surface area (Å²) in [6.45, 7) is 1.13. The second kappa shape index (κ2) is 6.19. The fourth-order valence-electron chi connectivity index (χ4n) is 1.73. The topological polar surface area (TPSA) is 60.9 Å². The molecule has 6 heteroatoms. The quantitative estimate of drug-likeness (QED) is 0.863. The molecule has 2 aromatic rings. The first-order valence-electron chi connectivity index (χ1n) is 5.79. The summed E-state index contributed by atoms with van der Waals surface area (Å²) < 4.78 is 1.78. The number of hydrogen-bond acceptors (Lipinski definition) is 3. The molecule has 0 radical (unpaired) electrons. The van der Waals surface area contributed by atoms with Gasteiger partial charge >= 0.3 is 0 Å². The number of carbonyl (C=O) groups excluding carboxylic acids is 1. The fourth-order valence-corrected chi connectivity index (χ4v) is 2.26. The SMILES string of the molecule is NCCn1cnc(C(=O)Cc2c(Cl)cccc2Cl)c1. The van der Waals surface area contributed by atoms with Crippen LogP contribution in [0.5, 0.6) is 0 Å². The Labute approximate surface area is 121 Å². The summed E-state index contributed by atoms with van der Waals surface area (Å²) in [5, 5.41) is 0.976. The first-order chi connectivity index (χ1) is 9.11. The molecule has 1 heterocycles. The standard InChI is InChI=1S/C13H13Cl2N3O/c14-10-2-1-3-11(15)9(10)6-13(19)12-7-18(5-4-16)8-17-12/h1-3,7-8H,4-6,16H2. The molecule has 19 heavy (non-hydrogen) atoms. The average Bonchev–Trinajstić information content (AvgIpc) is 2.83. The minimum Gasteiger partial charge on any atom is -0.335 e. The number of rotatable bonds is 5. The number of aromatic nitrogens is 2. The van der Waals surface area contributed by atoms with Gasteiger partial charge < -0.3 is 10.3 Å². The summed E-state index contributed by atoms with van der Waals surface area (Å²) in [7, 11) is 0. The summed E-state index contributed by atoms with van der Waals surface area (Å²) in [5.41, 5.74) is 6.46. The Morgan fingerprint density at radius 1 is 1.32 bits per heavy atom. The zero-order chi connectivity index (χ0) is 13.8. The molecule has 0 atom stereocenters. The normalized spacial score (nSPS) is 10.7. The van der Waals surface area contributed by atoms with Crippen LogP contribution in [0.2, 0.25) is 10.0 Å². The van der Waals surface area contributed by atoms with E-state index in [-0.39, 0.29) is 12.2 Å². The lowest BCUT2D eigenvalue weighted by Crippen LogP contribution is -2.08. The van der Waals surface area contributed by atoms with E-state index in [2.05, 4.69) is 4.98 Å². The Bertz CT molecular complexity index is 575. The van der Waals surface area contributed by atoms with Gasteiger partial charge in [-0.2, -0.15) is 0 Å². The second-order valence-corrected chi connectivity index (χ2v) is 4.90. The van der Waals surface area contributed by atoms with Crippen molar-refractivity contribution < 1.29 is 4.79 Å². The van der Waals surface area contributed by atoms with Crippen LogP contribution in [0.4, 0.5) is 0 Å². The molecule has 0 unspecified atom stereocenters. The van der Waals surface area contributed by atoms with Crippen LogP contribution in [-0.2, 0) is 13.0 Å². The van der Waals surface area contributed by atoms with Gasteiger partial charge in [-0.25, -0.2) is 4.98 Å². The van der Waals surface area contributed by atoms with Gasteiger partial charge in [0.05, 0.1) is 6.33 Å². The minimum absolute atomic E-state index is 0.120. The molecule has 1 aromatic carbocycles. The summed E-state index contributed by atoms with van der Waals surface area (Å²) in [5.74, 6) is -0.120. The fraction of sp³-hybridized carbons (Fsp3) is 0.231. The smallest absolute Gasteiger partial charge is 0.187 e. The number of Topliss-reactive ketones (excluding diaryl/α,β-unsaturated/α-hetero) is 1. The molecule has 0 aliphatic rings. The van der Waals surface area contributed by atoms with Crippen molar-refractivity contribution in [3.8, 4) is 0 Å². The molecule has 0 bridgehead atoms. The Hall–Kier alpha value is -1.36. The molecule has 2 N–H and O–H groups in total.